The van der Waals surface area contributed by atoms with Gasteiger partial charge in [0.25, 0.3) is 5.91 Å². The van der Waals surface area contributed by atoms with E-state index in [4.69, 9.17) is 15.4 Å². The van der Waals surface area contributed by atoms with Gasteiger partial charge in [0, 0.05) is 0 Å². The minimum absolute atomic E-state index is 0.0368. The summed E-state index contributed by atoms with van der Waals surface area (Å²) in [4.78, 5) is 33.9. The van der Waals surface area contributed by atoms with Gasteiger partial charge in [0.2, 0.25) is 11.8 Å². The number of anilines is 1. The molecular formula is C11H11N3O4. The second-order valence-electron chi connectivity index (χ2n) is 3.54. The molecule has 1 rings (SSSR count). The normalized spacial score (nSPS) is 9.61. The molecule has 0 bridgehead atoms. The van der Waals surface area contributed by atoms with Gasteiger partial charge in [-0.25, -0.2) is 0 Å². The lowest BCUT2D eigenvalue weighted by atomic mass is 10.1. The SMILES string of the molecule is CC(=O)c1c(C)oc(NC(=O)CC#N)c1C(N)=O. The molecular weight excluding hydrogens is 238 g/mol. The lowest BCUT2D eigenvalue weighted by molar-refractivity contribution is -0.115. The topological polar surface area (TPSA) is 126 Å². The smallest absolute Gasteiger partial charge is 0.255 e. The highest BCUT2D eigenvalue weighted by atomic mass is 16.4. The quantitative estimate of drug-likeness (QED) is 0.761. The lowest BCUT2D eigenvalue weighted by Gasteiger charge is -2.00. The Labute approximate surface area is 103 Å². The minimum atomic E-state index is -0.885. The van der Waals surface area contributed by atoms with E-state index in [1.807, 2.05) is 0 Å². The Balaban J connectivity index is 3.25. The summed E-state index contributed by atoms with van der Waals surface area (Å²) in [5.74, 6) is -1.95. The van der Waals surface area contributed by atoms with E-state index in [1.165, 1.54) is 13.8 Å². The Bertz CT molecular complexity index is 566. The molecule has 0 aromatic carbocycles. The molecule has 18 heavy (non-hydrogen) atoms. The van der Waals surface area contributed by atoms with Gasteiger partial charge in [0.15, 0.2) is 5.78 Å². The van der Waals surface area contributed by atoms with E-state index in [2.05, 4.69) is 5.32 Å². The predicted octanol–water partition coefficient (Wildman–Crippen LogP) is 0.742. The molecule has 0 saturated carbocycles. The van der Waals surface area contributed by atoms with Crippen molar-refractivity contribution in [3.63, 3.8) is 0 Å². The van der Waals surface area contributed by atoms with E-state index in [1.54, 1.807) is 6.07 Å². The molecule has 7 nitrogen and oxygen atoms in total. The molecule has 0 aliphatic carbocycles. The highest BCUT2D eigenvalue weighted by Crippen LogP contribution is 2.27. The Morgan fingerprint density at radius 2 is 2.00 bits per heavy atom. The molecule has 1 heterocycles. The number of nitrogens with one attached hydrogen (secondary N) is 1. The number of rotatable bonds is 4. The molecule has 0 aliphatic rings. The van der Waals surface area contributed by atoms with Crippen LogP contribution in [0.5, 0.6) is 0 Å². The number of Topliss-reactive ketones (excluding diaryl/α,β-unsaturated/α-hetero) is 1. The number of amides is 2. The molecule has 3 N–H and O–H groups in total. The standard InChI is InChI=1S/C11H11N3O4/c1-5(15)8-6(2)18-11(9(8)10(13)17)14-7(16)3-4-12/h3H2,1-2H3,(H2,13,17)(H,14,16). The molecule has 0 saturated heterocycles. The summed E-state index contributed by atoms with van der Waals surface area (Å²) in [6, 6.07) is 1.64. The monoisotopic (exact) mass is 249 g/mol. The van der Waals surface area contributed by atoms with Gasteiger partial charge in [-0.3, -0.25) is 19.7 Å². The average Bonchev–Trinajstić information content (AvgIpc) is 2.55. The Kier molecular flexibility index (Phi) is 3.84. The molecule has 1 aromatic heterocycles. The Morgan fingerprint density at radius 1 is 1.39 bits per heavy atom. The zero-order chi connectivity index (χ0) is 13.9. The van der Waals surface area contributed by atoms with Crippen molar-refractivity contribution >= 4 is 23.5 Å². The fourth-order valence-electron chi connectivity index (χ4n) is 1.53. The first-order chi connectivity index (χ1) is 8.38. The van der Waals surface area contributed by atoms with Crippen molar-refractivity contribution in [2.24, 2.45) is 5.73 Å². The number of hydrogen-bond acceptors (Lipinski definition) is 5. The van der Waals surface area contributed by atoms with Crippen LogP contribution in [0.15, 0.2) is 4.42 Å². The lowest BCUT2D eigenvalue weighted by Crippen LogP contribution is -2.18. The van der Waals surface area contributed by atoms with Crippen LogP contribution in [0.3, 0.4) is 0 Å². The first-order valence-electron chi connectivity index (χ1n) is 4.99. The molecule has 94 valence electrons. The summed E-state index contributed by atoms with van der Waals surface area (Å²) in [6.07, 6.45) is -0.395. The highest BCUT2D eigenvalue weighted by molar-refractivity contribution is 6.11. The number of aryl methyl sites for hydroxylation is 1. The van der Waals surface area contributed by atoms with Crippen molar-refractivity contribution in [1.29, 1.82) is 5.26 Å². The number of carbonyl (C=O) groups excluding carboxylic acids is 3. The van der Waals surface area contributed by atoms with E-state index < -0.39 is 24.0 Å². The van der Waals surface area contributed by atoms with Crippen molar-refractivity contribution in [1.82, 2.24) is 0 Å². The number of furan rings is 1. The van der Waals surface area contributed by atoms with Crippen molar-refractivity contribution < 1.29 is 18.8 Å². The van der Waals surface area contributed by atoms with E-state index >= 15 is 0 Å². The number of ketones is 1. The van der Waals surface area contributed by atoms with Gasteiger partial charge in [-0.1, -0.05) is 0 Å². The van der Waals surface area contributed by atoms with Gasteiger partial charge < -0.3 is 10.2 Å². The highest BCUT2D eigenvalue weighted by Gasteiger charge is 2.25. The van der Waals surface area contributed by atoms with Crippen LogP contribution in [-0.4, -0.2) is 17.6 Å². The minimum Gasteiger partial charge on any atom is -0.444 e. The van der Waals surface area contributed by atoms with Crippen LogP contribution in [0.1, 0.15) is 39.8 Å². The van der Waals surface area contributed by atoms with Crippen molar-refractivity contribution in [2.45, 2.75) is 20.3 Å². The number of primary amides is 1. The molecule has 0 fully saturated rings. The van der Waals surface area contributed by atoms with Crippen molar-refractivity contribution in [3.05, 3.63) is 16.9 Å². The van der Waals surface area contributed by atoms with Crippen molar-refractivity contribution in [3.8, 4) is 6.07 Å². The fourth-order valence-corrected chi connectivity index (χ4v) is 1.53. The molecule has 0 spiro atoms. The number of nitriles is 1. The molecule has 0 aliphatic heterocycles. The molecule has 7 heteroatoms. The first kappa shape index (κ1) is 13.4. The summed E-state index contributed by atoms with van der Waals surface area (Å²) in [5, 5.41) is 10.6. The van der Waals surface area contributed by atoms with Gasteiger partial charge in [-0.15, -0.1) is 0 Å². The molecule has 1 aromatic rings. The Hall–Kier alpha value is -2.62. The molecule has 0 atom stereocenters. The van der Waals surface area contributed by atoms with E-state index in [0.717, 1.165) is 0 Å². The second-order valence-corrected chi connectivity index (χ2v) is 3.54. The average molecular weight is 249 g/mol. The zero-order valence-corrected chi connectivity index (χ0v) is 9.86. The van der Waals surface area contributed by atoms with E-state index in [-0.39, 0.29) is 22.8 Å². The molecule has 0 radical (unpaired) electrons. The van der Waals surface area contributed by atoms with Gasteiger partial charge >= 0.3 is 0 Å². The van der Waals surface area contributed by atoms with Crippen LogP contribution in [0.4, 0.5) is 5.88 Å². The molecule has 0 unspecified atom stereocenters. The zero-order valence-electron chi connectivity index (χ0n) is 9.86. The number of nitrogens with two attached hydrogens (primary N) is 1. The fraction of sp³-hybridized carbons (Fsp3) is 0.273. The third-order valence-electron chi connectivity index (χ3n) is 2.18. The second kappa shape index (κ2) is 5.14. The summed E-state index contributed by atoms with van der Waals surface area (Å²) in [5.41, 5.74) is 5.01. The summed E-state index contributed by atoms with van der Waals surface area (Å²) in [6.45, 7) is 2.73. The van der Waals surface area contributed by atoms with Crippen LogP contribution in [-0.2, 0) is 4.79 Å². The van der Waals surface area contributed by atoms with Gasteiger partial charge in [0.1, 0.15) is 17.7 Å². The van der Waals surface area contributed by atoms with Crippen LogP contribution < -0.4 is 11.1 Å². The molecule has 2 amide bonds. The van der Waals surface area contributed by atoms with Crippen molar-refractivity contribution in [2.75, 3.05) is 5.32 Å². The van der Waals surface area contributed by atoms with Gasteiger partial charge in [-0.05, 0) is 13.8 Å². The maximum atomic E-state index is 11.4. The Morgan fingerprint density at radius 3 is 2.44 bits per heavy atom. The van der Waals surface area contributed by atoms with Crippen LogP contribution >= 0.6 is 0 Å². The van der Waals surface area contributed by atoms with Crippen LogP contribution in [0, 0.1) is 18.3 Å². The van der Waals surface area contributed by atoms with E-state index in [0.29, 0.717) is 0 Å². The largest absolute Gasteiger partial charge is 0.444 e. The van der Waals surface area contributed by atoms with Gasteiger partial charge in [-0.2, -0.15) is 5.26 Å². The number of nitrogens with zero attached hydrogens (tertiary/aromatic N) is 1. The third-order valence-corrected chi connectivity index (χ3v) is 2.18. The first-order valence-corrected chi connectivity index (χ1v) is 4.99. The third kappa shape index (κ3) is 2.55. The van der Waals surface area contributed by atoms with E-state index in [9.17, 15) is 14.4 Å². The van der Waals surface area contributed by atoms with Crippen LogP contribution in [0.25, 0.3) is 0 Å². The predicted molar refractivity (Wildman–Crippen MR) is 60.8 cm³/mol. The van der Waals surface area contributed by atoms with Crippen LogP contribution in [0.2, 0.25) is 0 Å². The summed E-state index contributed by atoms with van der Waals surface area (Å²) in [7, 11) is 0. The number of carbonyl (C=O) groups is 3. The summed E-state index contributed by atoms with van der Waals surface area (Å²) < 4.78 is 5.12. The number of hydrogen-bond donors (Lipinski definition) is 2. The maximum absolute atomic E-state index is 11.4. The summed E-state index contributed by atoms with van der Waals surface area (Å²) >= 11 is 0. The van der Waals surface area contributed by atoms with Gasteiger partial charge in [0.05, 0.1) is 11.6 Å². The maximum Gasteiger partial charge on any atom is 0.255 e.